The van der Waals surface area contributed by atoms with Crippen LogP contribution in [-0.2, 0) is 6.54 Å². The predicted molar refractivity (Wildman–Crippen MR) is 105 cm³/mol. The highest BCUT2D eigenvalue weighted by Gasteiger charge is 2.12. The highest BCUT2D eigenvalue weighted by molar-refractivity contribution is 7.10. The first-order valence-corrected chi connectivity index (χ1v) is 9.58. The van der Waals surface area contributed by atoms with Gasteiger partial charge in [0, 0.05) is 23.9 Å². The lowest BCUT2D eigenvalue weighted by Gasteiger charge is -2.15. The molecule has 27 heavy (non-hydrogen) atoms. The molecule has 0 saturated heterocycles. The van der Waals surface area contributed by atoms with E-state index in [1.807, 2.05) is 13.0 Å². The van der Waals surface area contributed by atoms with Crippen molar-refractivity contribution in [3.05, 3.63) is 46.2 Å². The zero-order chi connectivity index (χ0) is 19.6. The normalized spacial score (nSPS) is 12.7. The van der Waals surface area contributed by atoms with E-state index in [0.717, 1.165) is 18.7 Å². The number of ether oxygens (including phenoxy) is 2. The van der Waals surface area contributed by atoms with Gasteiger partial charge in [0.15, 0.2) is 17.5 Å². The molecule has 1 aromatic heterocycles. The number of thiophene rings is 1. The Morgan fingerprint density at radius 3 is 2.67 bits per heavy atom. The number of aliphatic imine (C=N–C) groups is 1. The summed E-state index contributed by atoms with van der Waals surface area (Å²) in [4.78, 5) is 5.83. The summed E-state index contributed by atoms with van der Waals surface area (Å²) in [5.41, 5.74) is 0.745. The number of nitrogens with one attached hydrogen (secondary N) is 2. The maximum absolute atomic E-state index is 12.6. The summed E-state index contributed by atoms with van der Waals surface area (Å²) in [6.07, 6.45) is 0. The number of alkyl halides is 2. The second kappa shape index (κ2) is 10.7. The lowest BCUT2D eigenvalue weighted by atomic mass is 10.1. The Hall–Kier alpha value is -2.35. The fraction of sp³-hybridized carbons (Fsp3) is 0.421. The first kappa shape index (κ1) is 21.0. The summed E-state index contributed by atoms with van der Waals surface area (Å²) in [6.45, 7) is 3.03. The van der Waals surface area contributed by atoms with E-state index in [0.29, 0.717) is 18.4 Å². The van der Waals surface area contributed by atoms with E-state index in [-0.39, 0.29) is 11.5 Å². The van der Waals surface area contributed by atoms with Gasteiger partial charge in [0.25, 0.3) is 0 Å². The average molecular weight is 397 g/mol. The Kier molecular flexibility index (Phi) is 8.32. The van der Waals surface area contributed by atoms with Crippen LogP contribution >= 0.6 is 11.3 Å². The molecular formula is C19H25F2N3O2S. The number of methoxy groups -OCH3 is 1. The molecule has 0 aliphatic rings. The second-order valence-electron chi connectivity index (χ2n) is 5.86. The Bertz CT molecular complexity index is 724. The fourth-order valence-corrected chi connectivity index (χ4v) is 3.23. The molecule has 8 heteroatoms. The van der Waals surface area contributed by atoms with Crippen LogP contribution in [0, 0.1) is 0 Å². The molecule has 0 spiro atoms. The van der Waals surface area contributed by atoms with Gasteiger partial charge >= 0.3 is 6.61 Å². The van der Waals surface area contributed by atoms with Crippen molar-refractivity contribution in [1.82, 2.24) is 10.6 Å². The Labute approximate surface area is 162 Å². The van der Waals surface area contributed by atoms with Crippen LogP contribution in [0.4, 0.5) is 8.78 Å². The van der Waals surface area contributed by atoms with Gasteiger partial charge in [-0.1, -0.05) is 19.1 Å². The van der Waals surface area contributed by atoms with E-state index in [4.69, 9.17) is 4.74 Å². The van der Waals surface area contributed by atoms with Crippen LogP contribution in [-0.4, -0.2) is 32.8 Å². The summed E-state index contributed by atoms with van der Waals surface area (Å²) >= 11 is 1.73. The van der Waals surface area contributed by atoms with Crippen molar-refractivity contribution in [2.24, 2.45) is 4.99 Å². The largest absolute Gasteiger partial charge is 0.493 e. The quantitative estimate of drug-likeness (QED) is 0.491. The first-order valence-electron chi connectivity index (χ1n) is 8.70. The number of guanidine groups is 1. The SMILES string of the molecule is CCNC(=NCc1ccc(OC)c(OC(F)F)c1)NCC(C)c1cccs1. The maximum Gasteiger partial charge on any atom is 0.387 e. The van der Waals surface area contributed by atoms with Crippen LogP contribution < -0.4 is 20.1 Å². The van der Waals surface area contributed by atoms with Crippen molar-refractivity contribution < 1.29 is 18.3 Å². The van der Waals surface area contributed by atoms with Gasteiger partial charge in [-0.05, 0) is 36.1 Å². The summed E-state index contributed by atoms with van der Waals surface area (Å²) in [5.74, 6) is 1.30. The van der Waals surface area contributed by atoms with Gasteiger partial charge in [-0.15, -0.1) is 11.3 Å². The number of nitrogens with zero attached hydrogens (tertiary/aromatic N) is 1. The first-order chi connectivity index (χ1) is 13.0. The molecule has 2 N–H and O–H groups in total. The monoisotopic (exact) mass is 397 g/mol. The minimum atomic E-state index is -2.91. The van der Waals surface area contributed by atoms with E-state index in [1.165, 1.54) is 18.1 Å². The van der Waals surface area contributed by atoms with E-state index in [1.54, 1.807) is 23.5 Å². The van der Waals surface area contributed by atoms with Gasteiger partial charge in [-0.3, -0.25) is 0 Å². The van der Waals surface area contributed by atoms with E-state index < -0.39 is 6.61 Å². The van der Waals surface area contributed by atoms with E-state index in [9.17, 15) is 8.78 Å². The molecular weight excluding hydrogens is 372 g/mol. The number of rotatable bonds is 9. The zero-order valence-corrected chi connectivity index (χ0v) is 16.5. The van der Waals surface area contributed by atoms with Crippen molar-refractivity contribution in [2.45, 2.75) is 32.9 Å². The van der Waals surface area contributed by atoms with Crippen LogP contribution in [0.25, 0.3) is 0 Å². The molecule has 0 aliphatic heterocycles. The lowest BCUT2D eigenvalue weighted by molar-refractivity contribution is -0.0512. The minimum absolute atomic E-state index is 0.00415. The van der Waals surface area contributed by atoms with E-state index in [2.05, 4.69) is 38.7 Å². The number of hydrogen-bond acceptors (Lipinski definition) is 4. The van der Waals surface area contributed by atoms with E-state index >= 15 is 0 Å². The summed E-state index contributed by atoms with van der Waals surface area (Å²) in [7, 11) is 1.41. The molecule has 1 heterocycles. The highest BCUT2D eigenvalue weighted by Crippen LogP contribution is 2.29. The molecule has 0 aliphatic carbocycles. The summed E-state index contributed by atoms with van der Waals surface area (Å²) < 4.78 is 34.7. The molecule has 1 unspecified atom stereocenters. The molecule has 1 atom stereocenters. The number of hydrogen-bond donors (Lipinski definition) is 2. The number of halogens is 2. The third-order valence-corrected chi connectivity index (χ3v) is 4.92. The van der Waals surface area contributed by atoms with Crippen LogP contribution in [0.5, 0.6) is 11.5 Å². The van der Waals surface area contributed by atoms with Crippen LogP contribution in [0.2, 0.25) is 0 Å². The standard InChI is InChI=1S/C19H25F2N3O2S/c1-4-22-19(23-11-13(2)17-6-5-9-27-17)24-12-14-7-8-15(25-3)16(10-14)26-18(20)21/h5-10,13,18H,4,11-12H2,1-3H3,(H2,22,23,24). The zero-order valence-electron chi connectivity index (χ0n) is 15.7. The molecule has 2 rings (SSSR count). The summed E-state index contributed by atoms with van der Waals surface area (Å²) in [6, 6.07) is 9.05. The minimum Gasteiger partial charge on any atom is -0.493 e. The molecule has 0 saturated carbocycles. The molecule has 0 amide bonds. The van der Waals surface area contributed by atoms with Crippen molar-refractivity contribution in [1.29, 1.82) is 0 Å². The lowest BCUT2D eigenvalue weighted by Crippen LogP contribution is -2.39. The van der Waals surface area contributed by atoms with Gasteiger partial charge in [-0.25, -0.2) is 4.99 Å². The highest BCUT2D eigenvalue weighted by atomic mass is 32.1. The molecule has 0 radical (unpaired) electrons. The van der Waals surface area contributed by atoms with Crippen molar-refractivity contribution in [3.8, 4) is 11.5 Å². The maximum atomic E-state index is 12.6. The van der Waals surface area contributed by atoms with Gasteiger partial charge in [-0.2, -0.15) is 8.78 Å². The van der Waals surface area contributed by atoms with Crippen LogP contribution in [0.3, 0.4) is 0 Å². The fourth-order valence-electron chi connectivity index (χ4n) is 2.44. The van der Waals surface area contributed by atoms with Gasteiger partial charge < -0.3 is 20.1 Å². The Morgan fingerprint density at radius 1 is 1.22 bits per heavy atom. The molecule has 5 nitrogen and oxygen atoms in total. The van der Waals surface area contributed by atoms with Gasteiger partial charge in [0.1, 0.15) is 0 Å². The third-order valence-electron chi connectivity index (χ3n) is 3.81. The summed E-state index contributed by atoms with van der Waals surface area (Å²) in [5, 5.41) is 8.57. The molecule has 0 bridgehead atoms. The van der Waals surface area contributed by atoms with Crippen molar-refractivity contribution in [3.63, 3.8) is 0 Å². The molecule has 1 aromatic carbocycles. The van der Waals surface area contributed by atoms with Gasteiger partial charge in [0.05, 0.1) is 13.7 Å². The van der Waals surface area contributed by atoms with Crippen LogP contribution in [0.15, 0.2) is 40.7 Å². The smallest absolute Gasteiger partial charge is 0.387 e. The molecule has 148 valence electrons. The molecule has 2 aromatic rings. The average Bonchev–Trinajstić information content (AvgIpc) is 3.18. The van der Waals surface area contributed by atoms with Crippen molar-refractivity contribution >= 4 is 17.3 Å². The van der Waals surface area contributed by atoms with Crippen LogP contribution in [0.1, 0.15) is 30.2 Å². The predicted octanol–water partition coefficient (Wildman–Crippen LogP) is 4.22. The number of benzene rings is 1. The molecule has 0 fully saturated rings. The topological polar surface area (TPSA) is 54.9 Å². The second-order valence-corrected chi connectivity index (χ2v) is 6.84. The Morgan fingerprint density at radius 2 is 2.04 bits per heavy atom. The van der Waals surface area contributed by atoms with Crippen molar-refractivity contribution in [2.75, 3.05) is 20.2 Å². The third kappa shape index (κ3) is 6.71. The Balaban J connectivity index is 2.02. The van der Waals surface area contributed by atoms with Gasteiger partial charge in [0.2, 0.25) is 0 Å².